The van der Waals surface area contributed by atoms with E-state index in [2.05, 4.69) is 5.32 Å². The molecule has 1 heterocycles. The first-order chi connectivity index (χ1) is 8.34. The molecular formula is C14H18N2O2. The minimum atomic E-state index is -0.696. The van der Waals surface area contributed by atoms with Crippen molar-refractivity contribution in [2.24, 2.45) is 0 Å². The van der Waals surface area contributed by atoms with Crippen molar-refractivity contribution in [1.29, 1.82) is 0 Å². The number of nitrogens with one attached hydrogen (secondary N) is 1. The first-order valence-electron chi connectivity index (χ1n) is 6.06. The third kappa shape index (κ3) is 1.88. The summed E-state index contributed by atoms with van der Waals surface area (Å²) in [7, 11) is 0. The van der Waals surface area contributed by atoms with E-state index in [1.54, 1.807) is 11.8 Å². The lowest BCUT2D eigenvalue weighted by Gasteiger charge is -2.42. The summed E-state index contributed by atoms with van der Waals surface area (Å²) in [4.78, 5) is 25.7. The number of benzene rings is 1. The second-order valence-corrected chi connectivity index (χ2v) is 5.23. The SMILES string of the molecule is CC(=O)C(C)N1C(=O)C(C)(C)Nc2ccccc21. The van der Waals surface area contributed by atoms with Gasteiger partial charge in [-0.25, -0.2) is 0 Å². The first kappa shape index (κ1) is 12.6. The molecule has 1 amide bonds. The lowest BCUT2D eigenvalue weighted by Crippen LogP contribution is -2.57. The number of carbonyl (C=O) groups excluding carboxylic acids is 2. The van der Waals surface area contributed by atoms with Gasteiger partial charge in [0.2, 0.25) is 0 Å². The quantitative estimate of drug-likeness (QED) is 0.870. The molecule has 2 rings (SSSR count). The maximum atomic E-state index is 12.5. The van der Waals surface area contributed by atoms with Crippen molar-refractivity contribution < 1.29 is 9.59 Å². The first-order valence-corrected chi connectivity index (χ1v) is 6.06. The molecule has 1 atom stereocenters. The third-order valence-electron chi connectivity index (χ3n) is 3.34. The fourth-order valence-corrected chi connectivity index (χ4v) is 2.16. The molecule has 0 radical (unpaired) electrons. The number of ketones is 1. The monoisotopic (exact) mass is 246 g/mol. The van der Waals surface area contributed by atoms with Crippen molar-refractivity contribution in [2.45, 2.75) is 39.3 Å². The van der Waals surface area contributed by atoms with Crippen molar-refractivity contribution in [3.63, 3.8) is 0 Å². The summed E-state index contributed by atoms with van der Waals surface area (Å²) in [5.74, 6) is -0.0975. The maximum Gasteiger partial charge on any atom is 0.252 e. The average Bonchev–Trinajstić information content (AvgIpc) is 2.29. The summed E-state index contributed by atoms with van der Waals surface area (Å²) in [5.41, 5.74) is 0.956. The van der Waals surface area contributed by atoms with E-state index in [0.717, 1.165) is 11.4 Å². The normalized spacial score (nSPS) is 18.9. The van der Waals surface area contributed by atoms with E-state index in [4.69, 9.17) is 0 Å². The van der Waals surface area contributed by atoms with Crippen molar-refractivity contribution in [1.82, 2.24) is 0 Å². The molecule has 0 bridgehead atoms. The van der Waals surface area contributed by atoms with Crippen molar-refractivity contribution in [3.8, 4) is 0 Å². The summed E-state index contributed by atoms with van der Waals surface area (Å²) in [6, 6.07) is 7.11. The summed E-state index contributed by atoms with van der Waals surface area (Å²) >= 11 is 0. The number of hydrogen-bond donors (Lipinski definition) is 1. The van der Waals surface area contributed by atoms with E-state index in [1.165, 1.54) is 6.92 Å². The summed E-state index contributed by atoms with van der Waals surface area (Å²) < 4.78 is 0. The number of para-hydroxylation sites is 2. The highest BCUT2D eigenvalue weighted by molar-refractivity contribution is 6.10. The van der Waals surface area contributed by atoms with Crippen LogP contribution >= 0.6 is 0 Å². The van der Waals surface area contributed by atoms with Crippen LogP contribution in [0.2, 0.25) is 0 Å². The van der Waals surface area contributed by atoms with Gasteiger partial charge in [0.1, 0.15) is 5.54 Å². The van der Waals surface area contributed by atoms with Gasteiger partial charge in [-0.2, -0.15) is 0 Å². The molecule has 18 heavy (non-hydrogen) atoms. The fraction of sp³-hybridized carbons (Fsp3) is 0.429. The van der Waals surface area contributed by atoms with Gasteiger partial charge in [0.25, 0.3) is 5.91 Å². The highest BCUT2D eigenvalue weighted by Crippen LogP contribution is 2.36. The van der Waals surface area contributed by atoms with E-state index >= 15 is 0 Å². The van der Waals surface area contributed by atoms with E-state index in [1.807, 2.05) is 38.1 Å². The second kappa shape index (κ2) is 4.12. The van der Waals surface area contributed by atoms with Gasteiger partial charge in [0, 0.05) is 0 Å². The van der Waals surface area contributed by atoms with Crippen LogP contribution in [0.3, 0.4) is 0 Å². The Morgan fingerprint density at radius 2 is 1.94 bits per heavy atom. The van der Waals surface area contributed by atoms with Crippen LogP contribution in [0.25, 0.3) is 0 Å². The van der Waals surface area contributed by atoms with Crippen molar-refractivity contribution in [3.05, 3.63) is 24.3 Å². The number of fused-ring (bicyclic) bond motifs is 1. The molecule has 1 aliphatic heterocycles. The molecule has 1 N–H and O–H groups in total. The largest absolute Gasteiger partial charge is 0.370 e. The Morgan fingerprint density at radius 3 is 2.56 bits per heavy atom. The van der Waals surface area contributed by atoms with E-state index in [9.17, 15) is 9.59 Å². The molecule has 0 spiro atoms. The Balaban J connectivity index is 2.56. The van der Waals surface area contributed by atoms with Crippen LogP contribution in [0.5, 0.6) is 0 Å². The Kier molecular flexibility index (Phi) is 2.89. The van der Waals surface area contributed by atoms with E-state index in [0.29, 0.717) is 0 Å². The Hall–Kier alpha value is -1.84. The van der Waals surface area contributed by atoms with Crippen LogP contribution in [-0.2, 0) is 9.59 Å². The van der Waals surface area contributed by atoms with Crippen LogP contribution in [0.1, 0.15) is 27.7 Å². The molecule has 1 aromatic carbocycles. The number of Topliss-reactive ketones (excluding diaryl/α,β-unsaturated/α-hetero) is 1. The van der Waals surface area contributed by atoms with Gasteiger partial charge < -0.3 is 5.32 Å². The zero-order valence-corrected chi connectivity index (χ0v) is 11.2. The van der Waals surface area contributed by atoms with E-state index < -0.39 is 11.6 Å². The molecule has 1 aromatic rings. The predicted molar refractivity (Wildman–Crippen MR) is 71.8 cm³/mol. The number of amides is 1. The highest BCUT2D eigenvalue weighted by atomic mass is 16.2. The Bertz CT molecular complexity index is 508. The molecule has 0 aliphatic carbocycles. The summed E-state index contributed by atoms with van der Waals surface area (Å²) in [6.45, 7) is 6.92. The molecule has 1 unspecified atom stereocenters. The van der Waals surface area contributed by atoms with Crippen LogP contribution in [0, 0.1) is 0 Å². The number of carbonyl (C=O) groups is 2. The molecule has 96 valence electrons. The topological polar surface area (TPSA) is 49.4 Å². The minimum absolute atomic E-state index is 0.0177. The molecule has 0 aromatic heterocycles. The number of nitrogens with zero attached hydrogens (tertiary/aromatic N) is 1. The number of rotatable bonds is 2. The van der Waals surface area contributed by atoms with Gasteiger partial charge in [-0.3, -0.25) is 14.5 Å². The molecule has 4 heteroatoms. The van der Waals surface area contributed by atoms with Crippen LogP contribution < -0.4 is 10.2 Å². The molecule has 0 fully saturated rings. The van der Waals surface area contributed by atoms with Gasteiger partial charge >= 0.3 is 0 Å². The lowest BCUT2D eigenvalue weighted by atomic mass is 9.96. The average molecular weight is 246 g/mol. The molecular weight excluding hydrogens is 228 g/mol. The standard InChI is InChI=1S/C14H18N2O2/c1-9(10(2)17)16-12-8-6-5-7-11(12)15-14(3,4)13(16)18/h5-9,15H,1-4H3. The van der Waals surface area contributed by atoms with Crippen LogP contribution in [0.4, 0.5) is 11.4 Å². The van der Waals surface area contributed by atoms with Gasteiger partial charge in [0.15, 0.2) is 5.78 Å². The predicted octanol–water partition coefficient (Wildman–Crippen LogP) is 2.20. The lowest BCUT2D eigenvalue weighted by molar-refractivity contribution is -0.126. The third-order valence-corrected chi connectivity index (χ3v) is 3.34. The van der Waals surface area contributed by atoms with Crippen LogP contribution in [-0.4, -0.2) is 23.3 Å². The van der Waals surface area contributed by atoms with Gasteiger partial charge in [-0.05, 0) is 39.8 Å². The Labute approximate surface area is 107 Å². The van der Waals surface area contributed by atoms with Gasteiger partial charge in [0.05, 0.1) is 17.4 Å². The van der Waals surface area contributed by atoms with Gasteiger partial charge in [-0.1, -0.05) is 12.1 Å². The maximum absolute atomic E-state index is 12.5. The smallest absolute Gasteiger partial charge is 0.252 e. The number of anilines is 2. The molecule has 4 nitrogen and oxygen atoms in total. The second-order valence-electron chi connectivity index (χ2n) is 5.23. The minimum Gasteiger partial charge on any atom is -0.370 e. The summed E-state index contributed by atoms with van der Waals surface area (Å²) in [5, 5.41) is 3.21. The molecule has 0 saturated carbocycles. The Morgan fingerprint density at radius 1 is 1.33 bits per heavy atom. The fourth-order valence-electron chi connectivity index (χ4n) is 2.16. The molecule has 1 aliphatic rings. The summed E-state index contributed by atoms with van der Waals surface area (Å²) in [6.07, 6.45) is 0. The highest BCUT2D eigenvalue weighted by Gasteiger charge is 2.41. The zero-order valence-electron chi connectivity index (χ0n) is 11.2. The van der Waals surface area contributed by atoms with Crippen molar-refractivity contribution in [2.75, 3.05) is 10.2 Å². The molecule has 0 saturated heterocycles. The zero-order chi connectivity index (χ0) is 13.5. The van der Waals surface area contributed by atoms with Gasteiger partial charge in [-0.15, -0.1) is 0 Å². The van der Waals surface area contributed by atoms with E-state index in [-0.39, 0.29) is 11.7 Å². The number of hydrogen-bond acceptors (Lipinski definition) is 3. The van der Waals surface area contributed by atoms with Crippen LogP contribution in [0.15, 0.2) is 24.3 Å². The van der Waals surface area contributed by atoms with Crippen molar-refractivity contribution >= 4 is 23.1 Å².